The maximum atomic E-state index is 13.2. The van der Waals surface area contributed by atoms with Crippen LogP contribution in [0.4, 0.5) is 0 Å². The first kappa shape index (κ1) is 70.2. The summed E-state index contributed by atoms with van der Waals surface area (Å²) in [6.45, 7) is 2.59. The molecule has 2 aliphatic heterocycles. The van der Waals surface area contributed by atoms with Crippen LogP contribution in [-0.4, -0.2) is 140 Å². The molecule has 1 amide bonds. The molecule has 12 unspecified atom stereocenters. The Morgan fingerprint density at radius 2 is 0.897 bits per heavy atom. The summed E-state index contributed by atoms with van der Waals surface area (Å²) in [4.78, 5) is 13.2. The summed E-state index contributed by atoms with van der Waals surface area (Å²) in [6.07, 6.45) is 53.4. The summed E-state index contributed by atoms with van der Waals surface area (Å²) in [6, 6.07) is -0.962. The van der Waals surface area contributed by atoms with Crippen LogP contribution < -0.4 is 5.32 Å². The van der Waals surface area contributed by atoms with Crippen molar-refractivity contribution in [3.63, 3.8) is 0 Å². The van der Waals surface area contributed by atoms with E-state index < -0.39 is 86.8 Å². The molecule has 14 nitrogen and oxygen atoms in total. The van der Waals surface area contributed by atoms with Gasteiger partial charge in [0, 0.05) is 6.42 Å². The Kier molecular flexibility index (Phi) is 43.1. The van der Waals surface area contributed by atoms with E-state index in [1.807, 2.05) is 6.08 Å². The first-order chi connectivity index (χ1) is 38.1. The second-order valence-electron chi connectivity index (χ2n) is 20.0. The van der Waals surface area contributed by atoms with Crippen LogP contribution in [0, 0.1) is 0 Å². The zero-order valence-corrected chi connectivity index (χ0v) is 47.3. The van der Waals surface area contributed by atoms with Gasteiger partial charge in [0.1, 0.15) is 48.8 Å². The summed E-state index contributed by atoms with van der Waals surface area (Å²) in [5.41, 5.74) is 0. The van der Waals surface area contributed by atoms with Crippen LogP contribution in [0.2, 0.25) is 0 Å². The summed E-state index contributed by atoms with van der Waals surface area (Å²) in [5.74, 6) is -0.286. The summed E-state index contributed by atoms with van der Waals surface area (Å²) in [5, 5.41) is 87.0. The molecule has 442 valence electrons. The Morgan fingerprint density at radius 1 is 0.474 bits per heavy atom. The smallest absolute Gasteiger partial charge is 0.220 e. The van der Waals surface area contributed by atoms with E-state index in [2.05, 4.69) is 141 Å². The van der Waals surface area contributed by atoms with Gasteiger partial charge in [0.25, 0.3) is 0 Å². The van der Waals surface area contributed by atoms with Crippen molar-refractivity contribution in [3.05, 3.63) is 134 Å². The molecule has 12 atom stereocenters. The van der Waals surface area contributed by atoms with E-state index in [9.17, 15) is 45.6 Å². The highest BCUT2D eigenvalue weighted by Crippen LogP contribution is 2.30. The SMILES string of the molecule is CC/C=C\C/C=C\C/C=C\C/C=C\C/C=C\C/C=C\C/C=C\C/C=C\CCCCCCC(=O)NC(COC1OC(CO)C(OC2OC(CO)C(O)C(O)C2O)C(O)C1O)C(O)/C=C/CC/C=C/CC/C=C/CCCCCCC. The van der Waals surface area contributed by atoms with Gasteiger partial charge in [0.2, 0.25) is 5.91 Å². The van der Waals surface area contributed by atoms with Crippen molar-refractivity contribution < 1.29 is 64.6 Å². The van der Waals surface area contributed by atoms with Crippen LogP contribution in [0.15, 0.2) is 134 Å². The molecule has 0 saturated carbocycles. The fraction of sp³-hybridized carbons (Fsp3) is 0.641. The molecule has 2 saturated heterocycles. The Hall–Kier alpha value is -3.87. The summed E-state index contributed by atoms with van der Waals surface area (Å²) in [7, 11) is 0. The first-order valence-electron chi connectivity index (χ1n) is 29.4. The topological polar surface area (TPSA) is 228 Å². The lowest BCUT2D eigenvalue weighted by Crippen LogP contribution is -2.65. The third-order valence-electron chi connectivity index (χ3n) is 13.3. The lowest BCUT2D eigenvalue weighted by molar-refractivity contribution is -0.359. The Labute approximate surface area is 469 Å². The van der Waals surface area contributed by atoms with Gasteiger partial charge in [-0.05, 0) is 109 Å². The number of hydrogen-bond donors (Lipinski definition) is 9. The van der Waals surface area contributed by atoms with E-state index >= 15 is 0 Å². The number of carbonyl (C=O) groups is 1. The van der Waals surface area contributed by atoms with E-state index in [-0.39, 0.29) is 18.9 Å². The van der Waals surface area contributed by atoms with Crippen molar-refractivity contribution in [2.45, 2.75) is 242 Å². The molecule has 78 heavy (non-hydrogen) atoms. The fourth-order valence-corrected chi connectivity index (χ4v) is 8.57. The molecule has 0 radical (unpaired) electrons. The maximum absolute atomic E-state index is 13.2. The van der Waals surface area contributed by atoms with Crippen molar-refractivity contribution in [2.24, 2.45) is 0 Å². The second kappa shape index (κ2) is 47.9. The normalized spacial score (nSPS) is 25.6. The monoisotopic (exact) mass is 1090 g/mol. The number of nitrogens with one attached hydrogen (secondary N) is 1. The number of ether oxygens (including phenoxy) is 4. The van der Waals surface area contributed by atoms with Crippen molar-refractivity contribution >= 4 is 5.91 Å². The van der Waals surface area contributed by atoms with Gasteiger partial charge in [-0.2, -0.15) is 0 Å². The molecule has 2 rings (SSSR count). The van der Waals surface area contributed by atoms with E-state index in [1.54, 1.807) is 6.08 Å². The molecule has 0 aliphatic carbocycles. The van der Waals surface area contributed by atoms with Crippen molar-refractivity contribution in [3.8, 4) is 0 Å². The van der Waals surface area contributed by atoms with Crippen LogP contribution >= 0.6 is 0 Å². The van der Waals surface area contributed by atoms with Gasteiger partial charge in [-0.1, -0.05) is 186 Å². The molecular weight excluding hydrogens is 991 g/mol. The zero-order chi connectivity index (χ0) is 56.7. The third kappa shape index (κ3) is 33.0. The number of unbranched alkanes of at least 4 members (excludes halogenated alkanes) is 11. The third-order valence-corrected chi connectivity index (χ3v) is 13.3. The average molecular weight is 1090 g/mol. The first-order valence-corrected chi connectivity index (χ1v) is 29.4. The van der Waals surface area contributed by atoms with E-state index in [0.717, 1.165) is 103 Å². The predicted molar refractivity (Wildman–Crippen MR) is 313 cm³/mol. The molecule has 2 aliphatic rings. The molecule has 0 aromatic carbocycles. The highest BCUT2D eigenvalue weighted by atomic mass is 16.7. The van der Waals surface area contributed by atoms with Crippen LogP contribution in [0.5, 0.6) is 0 Å². The summed E-state index contributed by atoms with van der Waals surface area (Å²) >= 11 is 0. The predicted octanol–water partition coefficient (Wildman–Crippen LogP) is 9.99. The van der Waals surface area contributed by atoms with Gasteiger partial charge < -0.3 is 65.1 Å². The van der Waals surface area contributed by atoms with Gasteiger partial charge >= 0.3 is 0 Å². The highest BCUT2D eigenvalue weighted by molar-refractivity contribution is 5.76. The summed E-state index contributed by atoms with van der Waals surface area (Å²) < 4.78 is 22.7. The van der Waals surface area contributed by atoms with Gasteiger partial charge in [0.05, 0.1) is 32.0 Å². The number of rotatable bonds is 44. The van der Waals surface area contributed by atoms with Gasteiger partial charge in [0.15, 0.2) is 12.6 Å². The molecule has 2 heterocycles. The number of aliphatic hydroxyl groups is 8. The minimum Gasteiger partial charge on any atom is -0.394 e. The molecule has 2 fully saturated rings. The number of hydrogen-bond acceptors (Lipinski definition) is 13. The van der Waals surface area contributed by atoms with Crippen LogP contribution in [0.25, 0.3) is 0 Å². The zero-order valence-electron chi connectivity index (χ0n) is 47.3. The fourth-order valence-electron chi connectivity index (χ4n) is 8.57. The molecular formula is C64H103NO13. The number of carbonyl (C=O) groups excluding carboxylic acids is 1. The Bertz CT molecular complexity index is 1820. The van der Waals surface area contributed by atoms with Crippen LogP contribution in [0.3, 0.4) is 0 Å². The van der Waals surface area contributed by atoms with Crippen LogP contribution in [-0.2, 0) is 23.7 Å². The highest BCUT2D eigenvalue weighted by Gasteiger charge is 2.51. The number of aliphatic hydroxyl groups excluding tert-OH is 8. The minimum atomic E-state index is -1.80. The van der Waals surface area contributed by atoms with Crippen molar-refractivity contribution in [2.75, 3.05) is 19.8 Å². The average Bonchev–Trinajstić information content (AvgIpc) is 3.47. The van der Waals surface area contributed by atoms with Gasteiger partial charge in [-0.25, -0.2) is 0 Å². The molecule has 0 aromatic rings. The standard InChI is InChI=1S/C64H103NO13/c1-3-5-7-9-11-13-15-17-19-20-21-22-23-24-25-26-27-28-29-30-31-32-34-36-38-40-42-44-46-48-56(69)65-52(53(68)47-45-43-41-39-37-35-33-18-16-14-12-10-8-6-4-2)51-75-63-61(74)59(72)62(55(50-67)77-63)78-64-60(73)58(71)57(70)54(49-66)76-64/h5,7,11,13,16-19,21-22,24-25,27-28,30-31,34,36-37,39,45,47,52-55,57-64,66-68,70-74H,3-4,6,8-10,12,14-15,20,23,26,29,32-33,35,38,40-44,46,48-51H2,1-2H3,(H,65,69)/b7-5-,13-11-,18-16+,19-17-,22-21-,25-24-,28-27-,31-30-,36-34-,39-37+,47-45+. The van der Waals surface area contributed by atoms with E-state index in [0.29, 0.717) is 12.8 Å². The maximum Gasteiger partial charge on any atom is 0.220 e. The molecule has 0 aromatic heterocycles. The lowest BCUT2D eigenvalue weighted by Gasteiger charge is -2.46. The molecule has 0 spiro atoms. The number of amides is 1. The van der Waals surface area contributed by atoms with Crippen molar-refractivity contribution in [1.82, 2.24) is 5.32 Å². The van der Waals surface area contributed by atoms with E-state index in [4.69, 9.17) is 18.9 Å². The van der Waals surface area contributed by atoms with Gasteiger partial charge in [-0.15, -0.1) is 0 Å². The minimum absolute atomic E-state index is 0.230. The van der Waals surface area contributed by atoms with Gasteiger partial charge in [-0.3, -0.25) is 4.79 Å². The van der Waals surface area contributed by atoms with E-state index in [1.165, 1.54) is 32.1 Å². The molecule has 9 N–H and O–H groups in total. The largest absolute Gasteiger partial charge is 0.394 e. The molecule has 14 heteroatoms. The van der Waals surface area contributed by atoms with Crippen molar-refractivity contribution in [1.29, 1.82) is 0 Å². The Balaban J connectivity index is 1.78. The second-order valence-corrected chi connectivity index (χ2v) is 20.0. The Morgan fingerprint density at radius 3 is 1.40 bits per heavy atom. The number of allylic oxidation sites excluding steroid dienone is 21. The molecule has 0 bridgehead atoms. The lowest BCUT2D eigenvalue weighted by atomic mass is 9.97. The van der Waals surface area contributed by atoms with Crippen LogP contribution in [0.1, 0.15) is 168 Å². The quantitative estimate of drug-likeness (QED) is 0.0205.